The number of benzene rings is 1. The molecule has 0 radical (unpaired) electrons. The number of hydrogen-bond acceptors (Lipinski definition) is 3. The van der Waals surface area contributed by atoms with Crippen molar-refractivity contribution in [1.82, 2.24) is 4.90 Å². The van der Waals surface area contributed by atoms with Crippen LogP contribution in [0.25, 0.3) is 0 Å². The topological polar surface area (TPSA) is 38.5 Å². The van der Waals surface area contributed by atoms with E-state index in [1.54, 1.807) is 7.11 Å². The van der Waals surface area contributed by atoms with Crippen LogP contribution in [-0.2, 0) is 6.54 Å². The summed E-state index contributed by atoms with van der Waals surface area (Å²) in [5.41, 5.74) is 7.29. The second kappa shape index (κ2) is 8.43. The maximum atomic E-state index is 6.00. The number of likely N-dealkylation sites (tertiary alicyclic amines) is 1. The van der Waals surface area contributed by atoms with Crippen LogP contribution >= 0.6 is 47.4 Å². The first-order chi connectivity index (χ1) is 7.70. The summed E-state index contributed by atoms with van der Waals surface area (Å²) < 4.78 is 5.67. The quantitative estimate of drug-likeness (QED) is 0.478. The van der Waals surface area contributed by atoms with Crippen molar-refractivity contribution in [3.05, 3.63) is 29.8 Å². The van der Waals surface area contributed by atoms with Gasteiger partial charge in [0.05, 0.1) is 11.2 Å². The molecule has 1 aromatic carbocycles. The molecular weight excluding hydrogens is 386 g/mol. The number of rotatable bonds is 3. The number of hydrogen-bond donors (Lipinski definition) is 1. The third-order valence-electron chi connectivity index (χ3n) is 2.97. The maximum Gasteiger partial charge on any atom is 0.119 e. The molecule has 104 valence electrons. The number of nitrogens with two attached hydrogens (primary N) is 1. The van der Waals surface area contributed by atoms with Crippen molar-refractivity contribution in [3.8, 4) is 5.75 Å². The van der Waals surface area contributed by atoms with Gasteiger partial charge in [-0.3, -0.25) is 4.90 Å². The number of halogens is 3. The van der Waals surface area contributed by atoms with E-state index in [1.165, 1.54) is 5.56 Å². The van der Waals surface area contributed by atoms with Crippen molar-refractivity contribution < 1.29 is 4.74 Å². The molecule has 1 aliphatic heterocycles. The lowest BCUT2D eigenvalue weighted by atomic mass is 10.2. The third-order valence-corrected chi connectivity index (χ3v) is 4.68. The van der Waals surface area contributed by atoms with Crippen molar-refractivity contribution >= 4 is 47.4 Å². The Labute approximate surface area is 134 Å². The van der Waals surface area contributed by atoms with E-state index in [0.29, 0.717) is 10.1 Å². The summed E-state index contributed by atoms with van der Waals surface area (Å²) in [5.74, 6) is 0.922. The van der Waals surface area contributed by atoms with Crippen LogP contribution < -0.4 is 10.5 Å². The van der Waals surface area contributed by atoms with Gasteiger partial charge in [-0.1, -0.05) is 34.7 Å². The monoisotopic (exact) mass is 404 g/mol. The second-order valence-corrected chi connectivity index (χ2v) is 5.42. The molecule has 0 aromatic heterocycles. The van der Waals surface area contributed by atoms with Crippen molar-refractivity contribution in [2.75, 3.05) is 13.7 Å². The Hall–Kier alpha value is 0.250. The first-order valence-electron chi connectivity index (χ1n) is 5.47. The van der Waals surface area contributed by atoms with Gasteiger partial charge in [-0.25, -0.2) is 0 Å². The lowest BCUT2D eigenvalue weighted by Crippen LogP contribution is -2.33. The van der Waals surface area contributed by atoms with Gasteiger partial charge in [0.2, 0.25) is 0 Å². The molecule has 0 aliphatic carbocycles. The molecule has 2 N–H and O–H groups in total. The average Bonchev–Trinajstić information content (AvgIpc) is 2.61. The molecule has 0 spiro atoms. The molecule has 2 rings (SSSR count). The van der Waals surface area contributed by atoms with Gasteiger partial charge < -0.3 is 10.5 Å². The Morgan fingerprint density at radius 2 is 2.17 bits per heavy atom. The summed E-state index contributed by atoms with van der Waals surface area (Å²) in [6, 6.07) is 8.54. The van der Waals surface area contributed by atoms with E-state index in [-0.39, 0.29) is 24.8 Å². The number of ether oxygens (including phenoxy) is 1. The molecule has 1 heterocycles. The third kappa shape index (κ3) is 4.42. The highest BCUT2D eigenvalue weighted by atomic mass is 127. The zero-order valence-corrected chi connectivity index (χ0v) is 14.0. The molecule has 0 amide bonds. The van der Waals surface area contributed by atoms with E-state index in [4.69, 9.17) is 10.5 Å². The normalized spacial score (nSPS) is 23.1. The predicted molar refractivity (Wildman–Crippen MR) is 88.3 cm³/mol. The van der Waals surface area contributed by atoms with Gasteiger partial charge in [0, 0.05) is 19.1 Å². The molecule has 6 heteroatoms. The Kier molecular flexibility index (Phi) is 8.54. The van der Waals surface area contributed by atoms with Crippen LogP contribution in [0.4, 0.5) is 0 Å². The van der Waals surface area contributed by atoms with Crippen molar-refractivity contribution in [3.63, 3.8) is 0 Å². The maximum absolute atomic E-state index is 6.00. The zero-order chi connectivity index (χ0) is 11.5. The predicted octanol–water partition coefficient (Wildman–Crippen LogP) is 2.83. The van der Waals surface area contributed by atoms with Crippen molar-refractivity contribution in [1.29, 1.82) is 0 Å². The molecular formula is C12H19Cl2IN2O. The van der Waals surface area contributed by atoms with Crippen LogP contribution in [0.15, 0.2) is 24.3 Å². The van der Waals surface area contributed by atoms with Gasteiger partial charge in [0.15, 0.2) is 0 Å². The molecule has 18 heavy (non-hydrogen) atoms. The van der Waals surface area contributed by atoms with Crippen LogP contribution in [-0.4, -0.2) is 28.6 Å². The van der Waals surface area contributed by atoms with Crippen LogP contribution in [0.1, 0.15) is 12.0 Å². The van der Waals surface area contributed by atoms with Crippen LogP contribution in [0.3, 0.4) is 0 Å². The Morgan fingerprint density at radius 3 is 2.72 bits per heavy atom. The SMILES string of the molecule is COc1cccc(CN2CC[C@@H](N)C2I)c1.Cl.Cl. The fourth-order valence-electron chi connectivity index (χ4n) is 2.02. The smallest absolute Gasteiger partial charge is 0.119 e. The number of methoxy groups -OCH3 is 1. The molecule has 3 nitrogen and oxygen atoms in total. The molecule has 0 saturated carbocycles. The molecule has 2 atom stereocenters. The zero-order valence-electron chi connectivity index (χ0n) is 10.2. The van der Waals surface area contributed by atoms with Crippen molar-refractivity contribution in [2.45, 2.75) is 23.1 Å². The summed E-state index contributed by atoms with van der Waals surface area (Å²) in [6.45, 7) is 2.05. The first-order valence-corrected chi connectivity index (χ1v) is 6.72. The van der Waals surface area contributed by atoms with Crippen LogP contribution in [0.5, 0.6) is 5.75 Å². The highest BCUT2D eigenvalue weighted by molar-refractivity contribution is 14.1. The lowest BCUT2D eigenvalue weighted by Gasteiger charge is -2.21. The first kappa shape index (κ1) is 18.2. The number of alkyl halides is 1. The van der Waals surface area contributed by atoms with Gasteiger partial charge >= 0.3 is 0 Å². The van der Waals surface area contributed by atoms with Gasteiger partial charge in [-0.2, -0.15) is 0 Å². The summed E-state index contributed by atoms with van der Waals surface area (Å²) in [7, 11) is 1.70. The molecule has 1 saturated heterocycles. The highest BCUT2D eigenvalue weighted by Crippen LogP contribution is 2.24. The van der Waals surface area contributed by atoms with E-state index < -0.39 is 0 Å². The van der Waals surface area contributed by atoms with Crippen LogP contribution in [0, 0.1) is 0 Å². The van der Waals surface area contributed by atoms with Gasteiger partial charge in [0.1, 0.15) is 5.75 Å². The van der Waals surface area contributed by atoms with Gasteiger partial charge in [0.25, 0.3) is 0 Å². The van der Waals surface area contributed by atoms with E-state index in [2.05, 4.69) is 39.6 Å². The minimum absolute atomic E-state index is 0. The molecule has 0 bridgehead atoms. The van der Waals surface area contributed by atoms with E-state index in [9.17, 15) is 0 Å². The number of nitrogens with zero attached hydrogens (tertiary/aromatic N) is 1. The fraction of sp³-hybridized carbons (Fsp3) is 0.500. The summed E-state index contributed by atoms with van der Waals surface area (Å²) in [4.78, 5) is 2.42. The van der Waals surface area contributed by atoms with Gasteiger partial charge in [-0.15, -0.1) is 24.8 Å². The Morgan fingerprint density at radius 1 is 1.44 bits per heavy atom. The molecule has 1 aromatic rings. The summed E-state index contributed by atoms with van der Waals surface area (Å²) in [5, 5.41) is 0. The molecule has 1 aliphatic rings. The molecule has 1 fully saturated rings. The Bertz CT molecular complexity index is 368. The van der Waals surface area contributed by atoms with E-state index in [1.807, 2.05) is 12.1 Å². The second-order valence-electron chi connectivity index (χ2n) is 4.15. The minimum Gasteiger partial charge on any atom is -0.497 e. The minimum atomic E-state index is 0. The van der Waals surface area contributed by atoms with Crippen molar-refractivity contribution in [2.24, 2.45) is 5.73 Å². The van der Waals surface area contributed by atoms with Gasteiger partial charge in [-0.05, 0) is 24.1 Å². The lowest BCUT2D eigenvalue weighted by molar-refractivity contribution is 0.313. The average molecular weight is 405 g/mol. The van der Waals surface area contributed by atoms with Crippen LogP contribution in [0.2, 0.25) is 0 Å². The van der Waals surface area contributed by atoms with E-state index >= 15 is 0 Å². The fourth-order valence-corrected chi connectivity index (χ4v) is 2.85. The largest absolute Gasteiger partial charge is 0.497 e. The molecule has 1 unspecified atom stereocenters. The summed E-state index contributed by atoms with van der Waals surface area (Å²) >= 11 is 2.43. The van der Waals surface area contributed by atoms with E-state index in [0.717, 1.165) is 25.3 Å². The standard InChI is InChI=1S/C12H17IN2O.2ClH/c1-16-10-4-2-3-9(7-10)8-15-6-5-11(14)12(15)13;;/h2-4,7,11-12H,5-6,8,14H2,1H3;2*1H/t11-,12?;;/m1../s1. The Balaban J connectivity index is 0.00000144. The highest BCUT2D eigenvalue weighted by Gasteiger charge is 2.28. The summed E-state index contributed by atoms with van der Waals surface area (Å²) in [6.07, 6.45) is 1.09.